The largest absolute Gasteiger partial charge is 0.452 e. The zero-order valence-corrected chi connectivity index (χ0v) is 19.0. The molecule has 0 spiro atoms. The molecule has 0 saturated carbocycles. The first kappa shape index (κ1) is 27.1. The number of benzene rings is 1. The summed E-state index contributed by atoms with van der Waals surface area (Å²) in [6.07, 6.45) is 6.97. The summed E-state index contributed by atoms with van der Waals surface area (Å²) in [6, 6.07) is 4.29. The molecule has 0 saturated heterocycles. The summed E-state index contributed by atoms with van der Waals surface area (Å²) in [4.78, 5) is 15.0. The van der Waals surface area contributed by atoms with Crippen LogP contribution < -0.4 is 10.1 Å². The number of fused-ring (bicyclic) bond motifs is 3. The van der Waals surface area contributed by atoms with E-state index in [4.69, 9.17) is 32.7 Å². The van der Waals surface area contributed by atoms with Gasteiger partial charge in [0, 0.05) is 42.9 Å². The molecule has 3 aromatic rings. The molecular formula is C22H22Cl2F2N2O4. The van der Waals surface area contributed by atoms with Crippen LogP contribution >= 0.6 is 23.2 Å². The van der Waals surface area contributed by atoms with Crippen LogP contribution in [0.4, 0.5) is 8.78 Å². The number of pyridine rings is 1. The number of alkyl halides is 2. The van der Waals surface area contributed by atoms with Gasteiger partial charge in [0.1, 0.15) is 5.58 Å². The SMILES string of the molecule is C=C/C(Cl)=C(NC)\C(Cl)=C/C.CO.O=Cc1ccc(OC(F)F)c2oc3ccncc3c12. The molecule has 0 amide bonds. The first-order valence-electron chi connectivity index (χ1n) is 9.03. The van der Waals surface area contributed by atoms with E-state index in [-0.39, 0.29) is 11.3 Å². The number of likely N-dealkylation sites (N-methyl/N-ethyl adjacent to an activating group) is 1. The van der Waals surface area contributed by atoms with Crippen molar-refractivity contribution in [2.75, 3.05) is 14.2 Å². The predicted molar refractivity (Wildman–Crippen MR) is 123 cm³/mol. The average Bonchev–Trinajstić information content (AvgIpc) is 3.21. The van der Waals surface area contributed by atoms with Crippen LogP contribution in [0.1, 0.15) is 17.3 Å². The number of hydrogen-bond donors (Lipinski definition) is 2. The summed E-state index contributed by atoms with van der Waals surface area (Å²) in [7, 11) is 2.76. The number of hydrogen-bond acceptors (Lipinski definition) is 6. The number of aldehydes is 1. The molecule has 3 rings (SSSR count). The first-order valence-corrected chi connectivity index (χ1v) is 9.79. The molecule has 0 fully saturated rings. The minimum atomic E-state index is -2.96. The number of nitrogens with zero attached hydrogens (tertiary/aromatic N) is 1. The molecule has 0 atom stereocenters. The van der Waals surface area contributed by atoms with Crippen LogP contribution in [0.25, 0.3) is 21.9 Å². The highest BCUT2D eigenvalue weighted by Crippen LogP contribution is 2.36. The Morgan fingerprint density at radius 3 is 2.53 bits per heavy atom. The third-order valence-electron chi connectivity index (χ3n) is 3.92. The number of aliphatic hydroxyl groups is 1. The van der Waals surface area contributed by atoms with Gasteiger partial charge in [0.25, 0.3) is 0 Å². The Labute approximate surface area is 193 Å². The Kier molecular flexibility index (Phi) is 11.4. The summed E-state index contributed by atoms with van der Waals surface area (Å²) in [6.45, 7) is 2.41. The zero-order valence-electron chi connectivity index (χ0n) is 17.5. The van der Waals surface area contributed by atoms with Gasteiger partial charge < -0.3 is 19.6 Å². The lowest BCUT2D eigenvalue weighted by Gasteiger charge is -2.05. The van der Waals surface area contributed by atoms with Crippen molar-refractivity contribution in [3.8, 4) is 5.75 Å². The van der Waals surface area contributed by atoms with Crippen molar-refractivity contribution in [3.63, 3.8) is 0 Å². The zero-order chi connectivity index (χ0) is 24.3. The molecule has 2 heterocycles. The lowest BCUT2D eigenvalue weighted by Crippen LogP contribution is -2.07. The van der Waals surface area contributed by atoms with E-state index < -0.39 is 6.61 Å². The third-order valence-corrected chi connectivity index (χ3v) is 4.67. The highest BCUT2D eigenvalue weighted by molar-refractivity contribution is 6.36. The summed E-state index contributed by atoms with van der Waals surface area (Å²) in [5, 5.41) is 12.0. The van der Waals surface area contributed by atoms with E-state index in [2.05, 4.69) is 21.6 Å². The van der Waals surface area contributed by atoms with Gasteiger partial charge in [-0.1, -0.05) is 35.9 Å². The monoisotopic (exact) mass is 486 g/mol. The number of rotatable bonds is 6. The lowest BCUT2D eigenvalue weighted by molar-refractivity contribution is -0.0493. The molecule has 2 N–H and O–H groups in total. The van der Waals surface area contributed by atoms with E-state index in [1.807, 2.05) is 6.92 Å². The van der Waals surface area contributed by atoms with Gasteiger partial charge in [0.15, 0.2) is 17.6 Å². The Morgan fingerprint density at radius 1 is 1.31 bits per heavy atom. The van der Waals surface area contributed by atoms with Crippen LogP contribution in [0.3, 0.4) is 0 Å². The second kappa shape index (κ2) is 13.5. The molecule has 0 aliphatic heterocycles. The first-order chi connectivity index (χ1) is 15.4. The Hall–Kier alpha value is -2.94. The average molecular weight is 487 g/mol. The van der Waals surface area contributed by atoms with E-state index in [1.165, 1.54) is 24.5 Å². The molecule has 0 aliphatic carbocycles. The van der Waals surface area contributed by atoms with Crippen molar-refractivity contribution in [3.05, 3.63) is 70.6 Å². The highest BCUT2D eigenvalue weighted by Gasteiger charge is 2.17. The van der Waals surface area contributed by atoms with E-state index in [0.29, 0.717) is 44.0 Å². The Bertz CT molecular complexity index is 1130. The van der Waals surface area contributed by atoms with Crippen LogP contribution in [-0.2, 0) is 0 Å². The number of furan rings is 1. The molecular weight excluding hydrogens is 465 g/mol. The van der Waals surface area contributed by atoms with Gasteiger partial charge in [-0.05, 0) is 31.2 Å². The lowest BCUT2D eigenvalue weighted by atomic mass is 10.1. The van der Waals surface area contributed by atoms with Gasteiger partial charge in [0.2, 0.25) is 0 Å². The van der Waals surface area contributed by atoms with Crippen molar-refractivity contribution >= 4 is 51.4 Å². The fourth-order valence-corrected chi connectivity index (χ4v) is 3.05. The van der Waals surface area contributed by atoms with Gasteiger partial charge in [-0.2, -0.15) is 8.78 Å². The second-order valence-corrected chi connectivity index (χ2v) is 6.46. The number of aliphatic hydroxyl groups excluding tert-OH is 1. The molecule has 0 aliphatic rings. The van der Waals surface area contributed by atoms with Crippen molar-refractivity contribution in [2.45, 2.75) is 13.5 Å². The van der Waals surface area contributed by atoms with E-state index >= 15 is 0 Å². The van der Waals surface area contributed by atoms with Crippen LogP contribution in [0.5, 0.6) is 5.75 Å². The van der Waals surface area contributed by atoms with Crippen molar-refractivity contribution in [1.29, 1.82) is 0 Å². The molecule has 10 heteroatoms. The topological polar surface area (TPSA) is 84.6 Å². The quantitative estimate of drug-likeness (QED) is 0.328. The number of carbonyl (C=O) groups excluding carboxylic acids is 1. The van der Waals surface area contributed by atoms with E-state index in [9.17, 15) is 13.6 Å². The molecule has 6 nitrogen and oxygen atoms in total. The molecule has 172 valence electrons. The number of halogens is 4. The Balaban J connectivity index is 0.000000340. The third kappa shape index (κ3) is 6.53. The smallest absolute Gasteiger partial charge is 0.387 e. The van der Waals surface area contributed by atoms with Gasteiger partial charge in [-0.25, -0.2) is 0 Å². The molecule has 1 aromatic carbocycles. The van der Waals surface area contributed by atoms with Gasteiger partial charge in [-0.3, -0.25) is 9.78 Å². The number of allylic oxidation sites excluding steroid dienone is 4. The molecule has 0 radical (unpaired) electrons. The minimum absolute atomic E-state index is 0.105. The Morgan fingerprint density at radius 2 is 2.00 bits per heavy atom. The van der Waals surface area contributed by atoms with Gasteiger partial charge >= 0.3 is 6.61 Å². The fourth-order valence-electron chi connectivity index (χ4n) is 2.61. The van der Waals surface area contributed by atoms with Crippen LogP contribution in [0.15, 0.2) is 69.5 Å². The number of ether oxygens (including phenoxy) is 1. The molecule has 0 unspecified atom stereocenters. The van der Waals surface area contributed by atoms with E-state index in [1.54, 1.807) is 25.3 Å². The number of carbonyl (C=O) groups is 1. The second-order valence-electron chi connectivity index (χ2n) is 5.64. The van der Waals surface area contributed by atoms with Crippen LogP contribution in [-0.4, -0.2) is 37.1 Å². The summed E-state index contributed by atoms with van der Waals surface area (Å²) >= 11 is 11.6. The van der Waals surface area contributed by atoms with Crippen molar-refractivity contribution in [1.82, 2.24) is 10.3 Å². The summed E-state index contributed by atoms with van der Waals surface area (Å²) in [5.74, 6) is -0.105. The van der Waals surface area contributed by atoms with Crippen LogP contribution in [0, 0.1) is 0 Å². The highest BCUT2D eigenvalue weighted by atomic mass is 35.5. The maximum Gasteiger partial charge on any atom is 0.387 e. The maximum absolute atomic E-state index is 12.3. The summed E-state index contributed by atoms with van der Waals surface area (Å²) < 4.78 is 34.5. The predicted octanol–water partition coefficient (Wildman–Crippen LogP) is 5.99. The fraction of sp³-hybridized carbons (Fsp3) is 0.182. The van der Waals surface area contributed by atoms with Gasteiger partial charge in [0.05, 0.1) is 15.8 Å². The van der Waals surface area contributed by atoms with Crippen molar-refractivity contribution in [2.24, 2.45) is 0 Å². The molecule has 2 aromatic heterocycles. The van der Waals surface area contributed by atoms with Crippen molar-refractivity contribution < 1.29 is 27.8 Å². The van der Waals surface area contributed by atoms with Gasteiger partial charge in [-0.15, -0.1) is 0 Å². The maximum atomic E-state index is 12.3. The normalized spacial score (nSPS) is 11.7. The minimum Gasteiger partial charge on any atom is -0.452 e. The number of aromatic nitrogens is 1. The summed E-state index contributed by atoms with van der Waals surface area (Å²) in [5.41, 5.74) is 1.61. The number of nitrogens with one attached hydrogen (secondary N) is 1. The van der Waals surface area contributed by atoms with Crippen LogP contribution in [0.2, 0.25) is 0 Å². The van der Waals surface area contributed by atoms with E-state index in [0.717, 1.165) is 7.11 Å². The molecule has 0 bridgehead atoms. The standard InChI is InChI=1S/C13H7F2NO3.C8H11Cl2N.CH4O/c14-13(15)19-10-2-1-7(6-17)11-8-5-16-4-3-9(8)18-12(10)11;1-4-6(9)8(11-3)7(10)5-2;1-2/h1-6,13H;4-5,11H,1H2,2-3H3;2H,1H3/b;7-5+,8-6-;. The molecule has 32 heavy (non-hydrogen) atoms.